The first-order chi connectivity index (χ1) is 8.31. The number of pyridine rings is 1. The lowest BCUT2D eigenvalue weighted by Gasteiger charge is -2.09. The fraction of sp³-hybridized carbons (Fsp3) is 0.308. The molecular formula is C13H17N3O. The number of fused-ring (bicyclic) bond motifs is 1. The van der Waals surface area contributed by atoms with E-state index in [4.69, 9.17) is 10.5 Å². The highest BCUT2D eigenvalue weighted by molar-refractivity contribution is 5.92. The minimum Gasteiger partial charge on any atom is -0.399 e. The van der Waals surface area contributed by atoms with Crippen molar-refractivity contribution in [3.63, 3.8) is 0 Å². The molecule has 0 amide bonds. The summed E-state index contributed by atoms with van der Waals surface area (Å²) >= 11 is 0. The maximum Gasteiger partial charge on any atom is 0.0743 e. The van der Waals surface area contributed by atoms with Crippen molar-refractivity contribution in [1.82, 2.24) is 4.98 Å². The Morgan fingerprint density at radius 3 is 3.06 bits per heavy atom. The van der Waals surface area contributed by atoms with Crippen molar-refractivity contribution in [3.05, 3.63) is 30.5 Å². The van der Waals surface area contributed by atoms with Gasteiger partial charge in [0.05, 0.1) is 5.52 Å². The number of ether oxygens (including phenoxy) is 1. The van der Waals surface area contributed by atoms with Gasteiger partial charge in [-0.1, -0.05) is 0 Å². The molecular weight excluding hydrogens is 214 g/mol. The zero-order valence-electron chi connectivity index (χ0n) is 9.94. The number of methoxy groups -OCH3 is 1. The second-order valence-corrected chi connectivity index (χ2v) is 3.91. The highest BCUT2D eigenvalue weighted by Gasteiger charge is 2.01. The zero-order valence-corrected chi connectivity index (χ0v) is 9.94. The third-order valence-corrected chi connectivity index (χ3v) is 2.61. The molecule has 4 heteroatoms. The predicted octanol–water partition coefficient (Wildman–Crippen LogP) is 2.27. The molecule has 0 unspecified atom stereocenters. The van der Waals surface area contributed by atoms with Gasteiger partial charge in [-0.05, 0) is 30.7 Å². The highest BCUT2D eigenvalue weighted by atomic mass is 16.5. The minimum absolute atomic E-state index is 0.738. The molecule has 0 atom stereocenters. The molecule has 1 aromatic heterocycles. The molecule has 90 valence electrons. The maximum atomic E-state index is 5.74. The Morgan fingerprint density at radius 1 is 1.35 bits per heavy atom. The molecule has 4 nitrogen and oxygen atoms in total. The molecule has 0 aliphatic carbocycles. The number of hydrogen-bond donors (Lipinski definition) is 2. The Morgan fingerprint density at radius 2 is 2.24 bits per heavy atom. The molecule has 0 bridgehead atoms. The number of hydrogen-bond acceptors (Lipinski definition) is 4. The van der Waals surface area contributed by atoms with Crippen molar-refractivity contribution in [2.24, 2.45) is 0 Å². The van der Waals surface area contributed by atoms with Crippen LogP contribution in [0.15, 0.2) is 30.5 Å². The van der Waals surface area contributed by atoms with E-state index in [0.29, 0.717) is 0 Å². The number of nitrogens with two attached hydrogens (primary N) is 1. The summed E-state index contributed by atoms with van der Waals surface area (Å²) in [5, 5.41) is 4.48. The van der Waals surface area contributed by atoms with Crippen LogP contribution in [0.4, 0.5) is 11.4 Å². The second kappa shape index (κ2) is 5.50. The average Bonchev–Trinajstić information content (AvgIpc) is 2.34. The molecule has 0 fully saturated rings. The molecule has 2 rings (SSSR count). The van der Waals surface area contributed by atoms with Crippen LogP contribution in [0.25, 0.3) is 10.9 Å². The van der Waals surface area contributed by atoms with Crippen LogP contribution in [-0.4, -0.2) is 25.2 Å². The Kier molecular flexibility index (Phi) is 3.77. The number of rotatable bonds is 5. The van der Waals surface area contributed by atoms with Crippen molar-refractivity contribution < 1.29 is 4.74 Å². The lowest BCUT2D eigenvalue weighted by molar-refractivity contribution is 0.198. The second-order valence-electron chi connectivity index (χ2n) is 3.91. The van der Waals surface area contributed by atoms with Gasteiger partial charge in [0.15, 0.2) is 0 Å². The normalized spacial score (nSPS) is 10.6. The minimum atomic E-state index is 0.738. The molecule has 2 aromatic rings. The molecule has 1 aromatic carbocycles. The zero-order chi connectivity index (χ0) is 12.1. The van der Waals surface area contributed by atoms with Gasteiger partial charge in [0.25, 0.3) is 0 Å². The predicted molar refractivity (Wildman–Crippen MR) is 71.1 cm³/mol. The first-order valence-corrected chi connectivity index (χ1v) is 5.68. The van der Waals surface area contributed by atoms with Crippen LogP contribution in [0.3, 0.4) is 0 Å². The van der Waals surface area contributed by atoms with Crippen LogP contribution in [0.5, 0.6) is 0 Å². The fourth-order valence-corrected chi connectivity index (χ4v) is 1.76. The van der Waals surface area contributed by atoms with Crippen LogP contribution in [-0.2, 0) is 4.74 Å². The SMILES string of the molecule is COCCCNc1ccnc2cc(N)ccc12. The monoisotopic (exact) mass is 231 g/mol. The Hall–Kier alpha value is -1.81. The number of nitrogens with one attached hydrogen (secondary N) is 1. The summed E-state index contributed by atoms with van der Waals surface area (Å²) in [6.45, 7) is 1.65. The topological polar surface area (TPSA) is 60.2 Å². The molecule has 0 saturated heterocycles. The van der Waals surface area contributed by atoms with Gasteiger partial charge in [0.2, 0.25) is 0 Å². The van der Waals surface area contributed by atoms with E-state index in [1.807, 2.05) is 24.3 Å². The molecule has 0 aliphatic heterocycles. The van der Waals surface area contributed by atoms with Crippen LogP contribution in [0, 0.1) is 0 Å². The van der Waals surface area contributed by atoms with E-state index in [1.165, 1.54) is 0 Å². The van der Waals surface area contributed by atoms with Gasteiger partial charge in [-0.3, -0.25) is 4.98 Å². The van der Waals surface area contributed by atoms with E-state index in [9.17, 15) is 0 Å². The number of aromatic nitrogens is 1. The Balaban J connectivity index is 2.16. The molecule has 0 radical (unpaired) electrons. The summed E-state index contributed by atoms with van der Waals surface area (Å²) in [6, 6.07) is 7.75. The van der Waals surface area contributed by atoms with Crippen LogP contribution in [0.2, 0.25) is 0 Å². The summed E-state index contributed by atoms with van der Waals surface area (Å²) in [5.74, 6) is 0. The van der Waals surface area contributed by atoms with Gasteiger partial charge in [-0.2, -0.15) is 0 Å². The number of nitrogen functional groups attached to an aromatic ring is 1. The van der Waals surface area contributed by atoms with Crippen molar-refractivity contribution in [2.75, 3.05) is 31.3 Å². The molecule has 0 aliphatic rings. The third kappa shape index (κ3) is 2.85. The van der Waals surface area contributed by atoms with Gasteiger partial charge in [-0.25, -0.2) is 0 Å². The van der Waals surface area contributed by atoms with E-state index in [1.54, 1.807) is 13.3 Å². The molecule has 17 heavy (non-hydrogen) atoms. The van der Waals surface area contributed by atoms with Crippen LogP contribution >= 0.6 is 0 Å². The van der Waals surface area contributed by atoms with Crippen molar-refractivity contribution in [2.45, 2.75) is 6.42 Å². The van der Waals surface area contributed by atoms with Crippen LogP contribution < -0.4 is 11.1 Å². The summed E-state index contributed by atoms with van der Waals surface area (Å²) in [7, 11) is 1.71. The van der Waals surface area contributed by atoms with Gasteiger partial charge in [0.1, 0.15) is 0 Å². The standard InChI is InChI=1S/C13H17N3O/c1-17-8-2-6-15-12-5-7-16-13-9-10(14)3-4-11(12)13/h3-5,7,9H,2,6,8,14H2,1H3,(H,15,16). The highest BCUT2D eigenvalue weighted by Crippen LogP contribution is 2.23. The van der Waals surface area contributed by atoms with Crippen LogP contribution in [0.1, 0.15) is 6.42 Å². The van der Waals surface area contributed by atoms with Gasteiger partial charge in [0, 0.05) is 43.2 Å². The third-order valence-electron chi connectivity index (χ3n) is 2.61. The summed E-state index contributed by atoms with van der Waals surface area (Å²) in [4.78, 5) is 4.30. The summed E-state index contributed by atoms with van der Waals surface area (Å²) in [5.41, 5.74) is 8.48. The van der Waals surface area contributed by atoms with E-state index < -0.39 is 0 Å². The van der Waals surface area contributed by atoms with Gasteiger partial charge in [-0.15, -0.1) is 0 Å². The van der Waals surface area contributed by atoms with Gasteiger partial charge >= 0.3 is 0 Å². The molecule has 1 heterocycles. The number of nitrogens with zero attached hydrogens (tertiary/aromatic N) is 1. The quantitative estimate of drug-likeness (QED) is 0.612. The van der Waals surface area contributed by atoms with Crippen molar-refractivity contribution >= 4 is 22.3 Å². The lowest BCUT2D eigenvalue weighted by atomic mass is 10.1. The maximum absolute atomic E-state index is 5.74. The largest absolute Gasteiger partial charge is 0.399 e. The molecule has 0 spiro atoms. The van der Waals surface area contributed by atoms with Gasteiger partial charge < -0.3 is 15.8 Å². The smallest absolute Gasteiger partial charge is 0.0743 e. The average molecular weight is 231 g/mol. The Bertz CT molecular complexity index is 499. The number of anilines is 2. The first-order valence-electron chi connectivity index (χ1n) is 5.68. The van der Waals surface area contributed by atoms with E-state index in [2.05, 4.69) is 10.3 Å². The van der Waals surface area contributed by atoms with E-state index in [-0.39, 0.29) is 0 Å². The Labute approximate surface area is 101 Å². The molecule has 3 N–H and O–H groups in total. The fourth-order valence-electron chi connectivity index (χ4n) is 1.76. The lowest BCUT2D eigenvalue weighted by Crippen LogP contribution is -2.05. The molecule has 0 saturated carbocycles. The first kappa shape index (κ1) is 11.7. The number of benzene rings is 1. The summed E-state index contributed by atoms with van der Waals surface area (Å²) in [6.07, 6.45) is 2.77. The summed E-state index contributed by atoms with van der Waals surface area (Å²) < 4.78 is 5.01. The van der Waals surface area contributed by atoms with E-state index in [0.717, 1.165) is 41.9 Å². The van der Waals surface area contributed by atoms with Crippen molar-refractivity contribution in [1.29, 1.82) is 0 Å². The van der Waals surface area contributed by atoms with Crippen molar-refractivity contribution in [3.8, 4) is 0 Å². The van der Waals surface area contributed by atoms with E-state index >= 15 is 0 Å².